The lowest BCUT2D eigenvalue weighted by Crippen LogP contribution is -2.76. The molecule has 3 heterocycles. The Hall–Kier alpha value is -1.75. The Morgan fingerprint density at radius 2 is 2.20 bits per heavy atom. The molecule has 15 heteroatoms. The molecule has 0 bridgehead atoms. The maximum atomic E-state index is 11.4. The first-order chi connectivity index (χ1) is 11.5. The Bertz CT molecular complexity index is 712. The topological polar surface area (TPSA) is 225 Å². The highest BCUT2D eigenvalue weighted by atomic mass is 32.2. The van der Waals surface area contributed by atoms with Gasteiger partial charge in [0.2, 0.25) is 5.79 Å². The second-order valence-electron chi connectivity index (χ2n) is 5.98. The number of amides is 1. The van der Waals surface area contributed by atoms with E-state index in [-0.39, 0.29) is 18.9 Å². The van der Waals surface area contributed by atoms with Gasteiger partial charge in [-0.2, -0.15) is 13.1 Å². The number of aliphatic imine (C=N–C) groups is 1. The van der Waals surface area contributed by atoms with Gasteiger partial charge in [-0.25, -0.2) is 9.79 Å². The Morgan fingerprint density at radius 1 is 1.52 bits per heavy atom. The van der Waals surface area contributed by atoms with Crippen LogP contribution in [0, 0.1) is 0 Å². The van der Waals surface area contributed by atoms with Gasteiger partial charge in [0.1, 0.15) is 18.9 Å². The van der Waals surface area contributed by atoms with E-state index < -0.39 is 52.8 Å². The van der Waals surface area contributed by atoms with Crippen LogP contribution >= 0.6 is 0 Å². The van der Waals surface area contributed by atoms with Gasteiger partial charge in [-0.05, 0) is 0 Å². The summed E-state index contributed by atoms with van der Waals surface area (Å²) in [5.74, 6) is -2.22. The van der Waals surface area contributed by atoms with Gasteiger partial charge in [-0.3, -0.25) is 15.2 Å². The molecular formula is C10H19N7O7S. The van der Waals surface area contributed by atoms with E-state index in [2.05, 4.69) is 15.6 Å². The molecule has 0 aromatic heterocycles. The predicted molar refractivity (Wildman–Crippen MR) is 80.7 cm³/mol. The van der Waals surface area contributed by atoms with Crippen LogP contribution < -0.4 is 26.8 Å². The van der Waals surface area contributed by atoms with Crippen molar-refractivity contribution in [3.8, 4) is 0 Å². The Kier molecular flexibility index (Phi) is 4.06. The maximum absolute atomic E-state index is 11.4. The summed E-state index contributed by atoms with van der Waals surface area (Å²) < 4.78 is 35.7. The zero-order valence-electron chi connectivity index (χ0n) is 12.8. The van der Waals surface area contributed by atoms with Crippen LogP contribution in [0.3, 0.4) is 0 Å². The van der Waals surface area contributed by atoms with Crippen LogP contribution in [0.2, 0.25) is 0 Å². The van der Waals surface area contributed by atoms with E-state index in [1.165, 1.54) is 9.62 Å². The van der Waals surface area contributed by atoms with E-state index in [1.54, 1.807) is 0 Å². The third kappa shape index (κ3) is 2.88. The number of carbonyl (C=O) groups is 1. The number of carbonyl (C=O) groups excluding carboxylic acids is 1. The van der Waals surface area contributed by atoms with Crippen molar-refractivity contribution < 1.29 is 32.7 Å². The van der Waals surface area contributed by atoms with Gasteiger partial charge in [0.05, 0.1) is 6.04 Å². The van der Waals surface area contributed by atoms with Crippen molar-refractivity contribution in [1.82, 2.24) is 20.3 Å². The number of ether oxygens (including phenoxy) is 1. The molecule has 142 valence electrons. The summed E-state index contributed by atoms with van der Waals surface area (Å²) in [4.78, 5) is 17.0. The molecule has 0 saturated carbocycles. The van der Waals surface area contributed by atoms with Gasteiger partial charge in [0.25, 0.3) is 0 Å². The molecule has 3 aliphatic heterocycles. The summed E-state index contributed by atoms with van der Waals surface area (Å²) >= 11 is 0. The number of hydrogen-bond acceptors (Lipinski definition) is 12. The summed E-state index contributed by atoms with van der Waals surface area (Å²) in [6, 6.07) is -1.72. The SMILES string of the molecule is NC1=N[C@@H](COC(=O)NS(=O)(=O)O)[C@@H]2NC(N)N[C@]23N1CCC3(O)O. The highest BCUT2D eigenvalue weighted by Gasteiger charge is 2.69. The van der Waals surface area contributed by atoms with Crippen LogP contribution in [0.1, 0.15) is 6.42 Å². The lowest BCUT2D eigenvalue weighted by Gasteiger charge is -2.49. The molecule has 10 N–H and O–H groups in total. The fraction of sp³-hybridized carbons (Fsp3) is 0.800. The molecule has 2 fully saturated rings. The molecule has 2 saturated heterocycles. The lowest BCUT2D eigenvalue weighted by molar-refractivity contribution is -0.223. The summed E-state index contributed by atoms with van der Waals surface area (Å²) in [6.07, 6.45) is -2.27. The van der Waals surface area contributed by atoms with Crippen LogP contribution in [0.5, 0.6) is 0 Å². The first-order valence-corrected chi connectivity index (χ1v) is 8.67. The molecule has 0 aromatic rings. The van der Waals surface area contributed by atoms with Gasteiger partial charge >= 0.3 is 16.4 Å². The van der Waals surface area contributed by atoms with Crippen molar-refractivity contribution in [3.05, 3.63) is 0 Å². The monoisotopic (exact) mass is 381 g/mol. The normalized spacial score (nSPS) is 36.4. The fourth-order valence-electron chi connectivity index (χ4n) is 3.57. The molecule has 4 atom stereocenters. The number of guanidine groups is 1. The van der Waals surface area contributed by atoms with Gasteiger partial charge < -0.3 is 31.3 Å². The second-order valence-corrected chi connectivity index (χ2v) is 7.14. The highest BCUT2D eigenvalue weighted by molar-refractivity contribution is 7.84. The zero-order valence-corrected chi connectivity index (χ0v) is 13.6. The molecular weight excluding hydrogens is 362 g/mol. The molecule has 3 aliphatic rings. The second kappa shape index (κ2) is 5.63. The molecule has 1 spiro atoms. The van der Waals surface area contributed by atoms with Crippen LogP contribution in [-0.4, -0.2) is 83.1 Å². The number of nitrogens with one attached hydrogen (secondary N) is 3. The Labute approximate surface area is 142 Å². The largest absolute Gasteiger partial charge is 0.446 e. The van der Waals surface area contributed by atoms with Gasteiger partial charge in [-0.1, -0.05) is 0 Å². The van der Waals surface area contributed by atoms with Crippen molar-refractivity contribution in [2.24, 2.45) is 16.5 Å². The van der Waals surface area contributed by atoms with E-state index in [4.69, 9.17) is 20.8 Å². The van der Waals surface area contributed by atoms with Crippen molar-refractivity contribution >= 4 is 22.4 Å². The van der Waals surface area contributed by atoms with E-state index in [0.717, 1.165) is 0 Å². The molecule has 3 rings (SSSR count). The average molecular weight is 381 g/mol. The summed E-state index contributed by atoms with van der Waals surface area (Å²) in [5, 5.41) is 26.6. The molecule has 0 aromatic carbocycles. The first kappa shape index (κ1) is 18.1. The molecule has 1 amide bonds. The molecule has 0 radical (unpaired) electrons. The third-order valence-electron chi connectivity index (χ3n) is 4.46. The van der Waals surface area contributed by atoms with Crippen LogP contribution in [0.4, 0.5) is 4.79 Å². The summed E-state index contributed by atoms with van der Waals surface area (Å²) in [6.45, 7) is -0.253. The number of nitrogens with zero attached hydrogens (tertiary/aromatic N) is 2. The highest BCUT2D eigenvalue weighted by Crippen LogP contribution is 2.43. The fourth-order valence-corrected chi connectivity index (χ4v) is 3.84. The van der Waals surface area contributed by atoms with Crippen LogP contribution in [0.25, 0.3) is 0 Å². The van der Waals surface area contributed by atoms with Crippen molar-refractivity contribution in [2.45, 2.75) is 36.2 Å². The minimum Gasteiger partial charge on any atom is -0.446 e. The van der Waals surface area contributed by atoms with Crippen molar-refractivity contribution in [2.75, 3.05) is 13.2 Å². The number of nitrogens with two attached hydrogens (primary N) is 2. The van der Waals surface area contributed by atoms with Crippen molar-refractivity contribution in [3.63, 3.8) is 0 Å². The first-order valence-electron chi connectivity index (χ1n) is 7.23. The maximum Gasteiger partial charge on any atom is 0.422 e. The van der Waals surface area contributed by atoms with E-state index >= 15 is 0 Å². The summed E-state index contributed by atoms with van der Waals surface area (Å²) in [7, 11) is -4.77. The number of hydrogen-bond donors (Lipinski definition) is 8. The smallest absolute Gasteiger partial charge is 0.422 e. The van der Waals surface area contributed by atoms with Crippen molar-refractivity contribution in [1.29, 1.82) is 0 Å². The standard InChI is InChI=1S/C10H19N7O7S/c11-6-14-5-4(3-24-8(18)16-25(21,22)23)13-7(12)17-2-1-9(19,20)10(5,17)15-6/h4-6,14-15,19-20H,1-3,11H2,(H2,12,13)(H,16,18)(H,21,22,23)/t4-,5-,6?,10-/m0/s1. The molecule has 1 unspecified atom stereocenters. The van der Waals surface area contributed by atoms with E-state index in [9.17, 15) is 23.4 Å². The minimum absolute atomic E-state index is 0.0200. The molecule has 25 heavy (non-hydrogen) atoms. The minimum atomic E-state index is -4.77. The average Bonchev–Trinajstić information content (AvgIpc) is 2.93. The van der Waals surface area contributed by atoms with E-state index in [1.807, 2.05) is 0 Å². The van der Waals surface area contributed by atoms with Crippen LogP contribution in [0.15, 0.2) is 4.99 Å². The van der Waals surface area contributed by atoms with Crippen LogP contribution in [-0.2, 0) is 15.0 Å². The molecule has 0 aliphatic carbocycles. The predicted octanol–water partition coefficient (Wildman–Crippen LogP) is -4.90. The number of rotatable bonds is 3. The quantitative estimate of drug-likeness (QED) is 0.170. The zero-order chi connectivity index (χ0) is 18.6. The number of aliphatic hydroxyl groups is 2. The lowest BCUT2D eigenvalue weighted by atomic mass is 9.87. The van der Waals surface area contributed by atoms with Gasteiger partial charge in [-0.15, -0.1) is 0 Å². The van der Waals surface area contributed by atoms with E-state index in [0.29, 0.717) is 0 Å². The van der Waals surface area contributed by atoms with Gasteiger partial charge in [0.15, 0.2) is 11.6 Å². The Morgan fingerprint density at radius 3 is 2.84 bits per heavy atom. The molecule has 14 nitrogen and oxygen atoms in total. The van der Waals surface area contributed by atoms with Gasteiger partial charge in [0, 0.05) is 13.0 Å². The summed E-state index contributed by atoms with van der Waals surface area (Å²) in [5.41, 5.74) is 10.2. The third-order valence-corrected chi connectivity index (χ3v) is 4.89. The Balaban J connectivity index is 1.83.